The Morgan fingerprint density at radius 1 is 1.22 bits per heavy atom. The lowest BCUT2D eigenvalue weighted by Gasteiger charge is -2.10. The van der Waals surface area contributed by atoms with Crippen molar-refractivity contribution >= 4 is 40.2 Å². The Morgan fingerprint density at radius 2 is 2.06 bits per heavy atom. The highest BCUT2D eigenvalue weighted by atomic mass is 35.5. The third-order valence-electron chi connectivity index (χ3n) is 5.19. The molecule has 4 rings (SSSR count). The number of halogens is 1. The Balaban J connectivity index is 1.69. The molecule has 0 unspecified atom stereocenters. The summed E-state index contributed by atoms with van der Waals surface area (Å²) in [6.45, 7) is 3.87. The highest BCUT2D eigenvalue weighted by Gasteiger charge is 2.21. The molecule has 1 N–H and O–H groups in total. The van der Waals surface area contributed by atoms with E-state index in [2.05, 4.69) is 21.3 Å². The minimum atomic E-state index is -0.0775. The average Bonchev–Trinajstić information content (AvgIpc) is 3.54. The first-order valence-electron chi connectivity index (χ1n) is 10.3. The van der Waals surface area contributed by atoms with Crippen molar-refractivity contribution in [1.29, 1.82) is 0 Å². The van der Waals surface area contributed by atoms with Crippen molar-refractivity contribution in [2.24, 2.45) is 0 Å². The number of methoxy groups -OCH3 is 1. The van der Waals surface area contributed by atoms with Crippen molar-refractivity contribution in [1.82, 2.24) is 14.9 Å². The van der Waals surface area contributed by atoms with Gasteiger partial charge >= 0.3 is 0 Å². The van der Waals surface area contributed by atoms with Crippen LogP contribution in [0.1, 0.15) is 27.3 Å². The van der Waals surface area contributed by atoms with Gasteiger partial charge < -0.3 is 14.6 Å². The SMILES string of the molecule is COCCCNC(=O)c1cc(-c2csc(-c3ccccc3Cl)n2)n(Cc2cccs2)c1C. The van der Waals surface area contributed by atoms with Gasteiger partial charge in [0.2, 0.25) is 0 Å². The summed E-state index contributed by atoms with van der Waals surface area (Å²) in [6, 6.07) is 13.8. The zero-order valence-corrected chi connectivity index (χ0v) is 20.3. The van der Waals surface area contributed by atoms with Gasteiger partial charge in [-0.05, 0) is 36.9 Å². The predicted octanol–water partition coefficient (Wildman–Crippen LogP) is 6.12. The number of carbonyl (C=O) groups is 1. The topological polar surface area (TPSA) is 56.1 Å². The Labute approximate surface area is 200 Å². The van der Waals surface area contributed by atoms with E-state index in [1.165, 1.54) is 4.88 Å². The second-order valence-electron chi connectivity index (χ2n) is 7.31. The number of nitrogens with one attached hydrogen (secondary N) is 1. The Morgan fingerprint density at radius 3 is 2.81 bits per heavy atom. The van der Waals surface area contributed by atoms with Gasteiger partial charge in [0.25, 0.3) is 5.91 Å². The summed E-state index contributed by atoms with van der Waals surface area (Å²) < 4.78 is 7.24. The van der Waals surface area contributed by atoms with E-state index in [4.69, 9.17) is 21.3 Å². The second kappa shape index (κ2) is 10.4. The van der Waals surface area contributed by atoms with Crippen LogP contribution in [0.4, 0.5) is 0 Å². The first kappa shape index (κ1) is 22.7. The lowest BCUT2D eigenvalue weighted by molar-refractivity contribution is 0.0948. The van der Waals surface area contributed by atoms with Crippen LogP contribution in [0, 0.1) is 6.92 Å². The van der Waals surface area contributed by atoms with Crippen LogP contribution in [0.2, 0.25) is 5.02 Å². The fourth-order valence-corrected chi connectivity index (χ4v) is 5.34. The van der Waals surface area contributed by atoms with Crippen LogP contribution >= 0.6 is 34.3 Å². The average molecular weight is 486 g/mol. The maximum Gasteiger partial charge on any atom is 0.253 e. The summed E-state index contributed by atoms with van der Waals surface area (Å²) in [5.41, 5.74) is 4.26. The molecule has 0 aliphatic heterocycles. The van der Waals surface area contributed by atoms with E-state index in [0.29, 0.717) is 30.3 Å². The molecule has 0 bridgehead atoms. The smallest absolute Gasteiger partial charge is 0.253 e. The molecule has 1 amide bonds. The second-order valence-corrected chi connectivity index (χ2v) is 9.61. The lowest BCUT2D eigenvalue weighted by atomic mass is 10.2. The van der Waals surface area contributed by atoms with Crippen LogP contribution in [0.5, 0.6) is 0 Å². The molecular formula is C24H24ClN3O2S2. The van der Waals surface area contributed by atoms with Crippen LogP contribution in [-0.2, 0) is 11.3 Å². The number of rotatable bonds is 9. The zero-order valence-electron chi connectivity index (χ0n) is 17.9. The summed E-state index contributed by atoms with van der Waals surface area (Å²) in [5, 5.41) is 8.63. The van der Waals surface area contributed by atoms with Crippen molar-refractivity contribution < 1.29 is 9.53 Å². The van der Waals surface area contributed by atoms with E-state index in [-0.39, 0.29) is 5.91 Å². The predicted molar refractivity (Wildman–Crippen MR) is 133 cm³/mol. The van der Waals surface area contributed by atoms with Gasteiger partial charge in [-0.1, -0.05) is 35.9 Å². The molecule has 0 spiro atoms. The third-order valence-corrected chi connectivity index (χ3v) is 7.25. The maximum atomic E-state index is 12.9. The zero-order chi connectivity index (χ0) is 22.5. The molecule has 3 heterocycles. The molecule has 0 radical (unpaired) electrons. The Hall–Kier alpha value is -2.45. The normalized spacial score (nSPS) is 11.1. The van der Waals surface area contributed by atoms with Crippen LogP contribution in [0.25, 0.3) is 22.0 Å². The molecule has 0 atom stereocenters. The number of hydrogen-bond acceptors (Lipinski definition) is 5. The van der Waals surface area contributed by atoms with Crippen LogP contribution in [-0.4, -0.2) is 35.7 Å². The molecule has 0 saturated heterocycles. The van der Waals surface area contributed by atoms with Crippen LogP contribution < -0.4 is 5.32 Å². The van der Waals surface area contributed by atoms with E-state index >= 15 is 0 Å². The van der Waals surface area contributed by atoms with E-state index in [1.807, 2.05) is 48.7 Å². The Bertz CT molecular complexity index is 1200. The van der Waals surface area contributed by atoms with Gasteiger partial charge in [-0.15, -0.1) is 22.7 Å². The number of nitrogens with zero attached hydrogens (tertiary/aromatic N) is 2. The number of aromatic nitrogens is 2. The van der Waals surface area contributed by atoms with Crippen LogP contribution in [0.15, 0.2) is 53.2 Å². The number of thiophene rings is 1. The van der Waals surface area contributed by atoms with Crippen molar-refractivity contribution in [3.05, 3.63) is 74.4 Å². The van der Waals surface area contributed by atoms with Gasteiger partial charge in [0.1, 0.15) is 5.01 Å². The molecule has 0 aliphatic rings. The molecule has 1 aromatic carbocycles. The number of ether oxygens (including phenoxy) is 1. The quantitative estimate of drug-likeness (QED) is 0.291. The fourth-order valence-electron chi connectivity index (χ4n) is 3.51. The molecule has 0 aliphatic carbocycles. The first-order chi connectivity index (χ1) is 15.6. The van der Waals surface area contributed by atoms with Crippen molar-refractivity contribution in [3.8, 4) is 22.0 Å². The number of carbonyl (C=O) groups excluding carboxylic acids is 1. The monoisotopic (exact) mass is 485 g/mol. The third kappa shape index (κ3) is 4.96. The molecule has 4 aromatic rings. The van der Waals surface area contributed by atoms with Crippen LogP contribution in [0.3, 0.4) is 0 Å². The maximum absolute atomic E-state index is 12.9. The van der Waals surface area contributed by atoms with E-state index in [1.54, 1.807) is 29.8 Å². The minimum Gasteiger partial charge on any atom is -0.385 e. The minimum absolute atomic E-state index is 0.0775. The fraction of sp³-hybridized carbons (Fsp3) is 0.250. The molecule has 166 valence electrons. The van der Waals surface area contributed by atoms with Crippen molar-refractivity contribution in [3.63, 3.8) is 0 Å². The highest BCUT2D eigenvalue weighted by molar-refractivity contribution is 7.13. The van der Waals surface area contributed by atoms with Gasteiger partial charge in [-0.25, -0.2) is 4.98 Å². The Kier molecular flexibility index (Phi) is 7.42. The van der Waals surface area contributed by atoms with Gasteiger partial charge in [0, 0.05) is 41.8 Å². The van der Waals surface area contributed by atoms with Gasteiger partial charge in [0.05, 0.1) is 28.5 Å². The molecular weight excluding hydrogens is 462 g/mol. The lowest BCUT2D eigenvalue weighted by Crippen LogP contribution is -2.25. The van der Waals surface area contributed by atoms with E-state index in [9.17, 15) is 4.79 Å². The first-order valence-corrected chi connectivity index (χ1v) is 12.4. The summed E-state index contributed by atoms with van der Waals surface area (Å²) in [4.78, 5) is 19.0. The van der Waals surface area contributed by atoms with Gasteiger partial charge in [0.15, 0.2) is 0 Å². The number of thiazole rings is 1. The summed E-state index contributed by atoms with van der Waals surface area (Å²) in [7, 11) is 1.66. The van der Waals surface area contributed by atoms with E-state index < -0.39 is 0 Å². The van der Waals surface area contributed by atoms with Gasteiger partial charge in [-0.3, -0.25) is 4.79 Å². The molecule has 8 heteroatoms. The molecule has 5 nitrogen and oxygen atoms in total. The van der Waals surface area contributed by atoms with Gasteiger partial charge in [-0.2, -0.15) is 0 Å². The van der Waals surface area contributed by atoms with Crippen molar-refractivity contribution in [2.45, 2.75) is 19.9 Å². The molecule has 32 heavy (non-hydrogen) atoms. The number of hydrogen-bond donors (Lipinski definition) is 1. The summed E-state index contributed by atoms with van der Waals surface area (Å²) in [6.07, 6.45) is 0.775. The van der Waals surface area contributed by atoms with E-state index in [0.717, 1.165) is 34.1 Å². The summed E-state index contributed by atoms with van der Waals surface area (Å²) in [5.74, 6) is -0.0775. The number of benzene rings is 1. The molecule has 0 fully saturated rings. The standard InChI is InChI=1S/C24H24ClN3O2S2/c1-16-19(23(29)26-10-6-11-30-2)13-22(28(16)14-17-7-5-12-31-17)21-15-32-24(27-21)18-8-3-4-9-20(18)25/h3-5,7-9,12-13,15H,6,10-11,14H2,1-2H3,(H,26,29). The molecule has 0 saturated carbocycles. The summed E-state index contributed by atoms with van der Waals surface area (Å²) >= 11 is 9.63. The number of amides is 1. The largest absolute Gasteiger partial charge is 0.385 e. The highest BCUT2D eigenvalue weighted by Crippen LogP contribution is 2.35. The van der Waals surface area contributed by atoms with Crippen molar-refractivity contribution in [2.75, 3.05) is 20.3 Å². The molecule has 3 aromatic heterocycles.